The molecule has 0 spiro atoms. The van der Waals surface area contributed by atoms with Crippen molar-refractivity contribution < 1.29 is 14.3 Å². The van der Waals surface area contributed by atoms with Gasteiger partial charge in [0.15, 0.2) is 0 Å². The Morgan fingerprint density at radius 1 is 0.973 bits per heavy atom. The van der Waals surface area contributed by atoms with E-state index in [0.717, 1.165) is 34.4 Å². The number of nitrogens with one attached hydrogen (secondary N) is 1. The average Bonchev–Trinajstić information content (AvgIpc) is 2.91. The van der Waals surface area contributed by atoms with Crippen molar-refractivity contribution in [1.82, 2.24) is 4.98 Å². The molecular formula is C31H33N3O3. The first-order chi connectivity index (χ1) is 17.6. The van der Waals surface area contributed by atoms with E-state index >= 15 is 0 Å². The Labute approximate surface area is 218 Å². The number of hydrogen-bond acceptors (Lipinski definition) is 5. The summed E-state index contributed by atoms with van der Waals surface area (Å²) in [6.07, 6.45) is 1.84. The molecule has 0 radical (unpaired) electrons. The van der Waals surface area contributed by atoms with Gasteiger partial charge in [-0.05, 0) is 64.6 Å². The van der Waals surface area contributed by atoms with E-state index in [4.69, 9.17) is 4.74 Å². The zero-order valence-corrected chi connectivity index (χ0v) is 22.3. The molecule has 6 heteroatoms. The second kappa shape index (κ2) is 10.4. The van der Waals surface area contributed by atoms with Crippen LogP contribution in [0.25, 0.3) is 21.9 Å². The number of fused-ring (bicyclic) bond motifs is 1. The zero-order chi connectivity index (χ0) is 26.7. The van der Waals surface area contributed by atoms with Gasteiger partial charge in [0, 0.05) is 30.9 Å². The molecule has 0 unspecified atom stereocenters. The van der Waals surface area contributed by atoms with Crippen molar-refractivity contribution in [2.75, 3.05) is 30.9 Å². The van der Waals surface area contributed by atoms with Gasteiger partial charge < -0.3 is 15.0 Å². The number of ether oxygens (including phenoxy) is 1. The molecule has 190 valence electrons. The van der Waals surface area contributed by atoms with Gasteiger partial charge in [0.1, 0.15) is 11.6 Å². The van der Waals surface area contributed by atoms with Crippen LogP contribution in [0, 0.1) is 0 Å². The third-order valence-corrected chi connectivity index (χ3v) is 6.61. The standard InChI is InChI=1S/C31H33N3O3/c1-7-34(5)28-17-12-20(19-32-28)22-14-15-25(24-11-9-8-10-23(22)24)29(35)30(36)33-26-18-21(31(2,3)4)13-16-27(26)37-6/h8-19H,7H2,1-6H3,(H,33,36). The second-order valence-electron chi connectivity index (χ2n) is 10.1. The van der Waals surface area contributed by atoms with Crippen molar-refractivity contribution >= 4 is 34.0 Å². The molecule has 4 rings (SSSR count). The molecule has 0 aliphatic heterocycles. The van der Waals surface area contributed by atoms with Crippen LogP contribution in [0.15, 0.2) is 72.9 Å². The Morgan fingerprint density at radius 3 is 2.32 bits per heavy atom. The number of anilines is 2. The minimum absolute atomic E-state index is 0.124. The Bertz CT molecular complexity index is 1450. The van der Waals surface area contributed by atoms with Gasteiger partial charge in [0.05, 0.1) is 12.8 Å². The van der Waals surface area contributed by atoms with Crippen molar-refractivity contribution in [3.05, 3.63) is 84.1 Å². The summed E-state index contributed by atoms with van der Waals surface area (Å²) in [7, 11) is 3.54. The van der Waals surface area contributed by atoms with Crippen LogP contribution >= 0.6 is 0 Å². The van der Waals surface area contributed by atoms with Crippen LogP contribution in [-0.4, -0.2) is 37.4 Å². The molecule has 0 saturated carbocycles. The molecule has 1 amide bonds. The predicted molar refractivity (Wildman–Crippen MR) is 151 cm³/mol. The summed E-state index contributed by atoms with van der Waals surface area (Å²) in [4.78, 5) is 33.2. The van der Waals surface area contributed by atoms with Crippen LogP contribution in [0.5, 0.6) is 5.75 Å². The lowest BCUT2D eigenvalue weighted by atomic mass is 9.87. The Balaban J connectivity index is 1.68. The van der Waals surface area contributed by atoms with Crippen molar-refractivity contribution in [3.63, 3.8) is 0 Å². The highest BCUT2D eigenvalue weighted by Crippen LogP contribution is 2.33. The van der Waals surface area contributed by atoms with Gasteiger partial charge in [0.2, 0.25) is 0 Å². The van der Waals surface area contributed by atoms with Crippen LogP contribution in [0.2, 0.25) is 0 Å². The fraction of sp³-hybridized carbons (Fsp3) is 0.258. The van der Waals surface area contributed by atoms with E-state index in [-0.39, 0.29) is 5.41 Å². The number of pyridine rings is 1. The summed E-state index contributed by atoms with van der Waals surface area (Å²) in [5.74, 6) is 0.0731. The largest absolute Gasteiger partial charge is 0.495 e. The molecule has 6 nitrogen and oxygen atoms in total. The van der Waals surface area contributed by atoms with Crippen molar-refractivity contribution in [1.29, 1.82) is 0 Å². The maximum atomic E-state index is 13.4. The van der Waals surface area contributed by atoms with Crippen molar-refractivity contribution in [2.24, 2.45) is 0 Å². The number of methoxy groups -OCH3 is 1. The highest BCUT2D eigenvalue weighted by atomic mass is 16.5. The Hall–Kier alpha value is -4.19. The number of carbonyl (C=O) groups excluding carboxylic acids is 2. The molecule has 1 heterocycles. The molecule has 0 aliphatic rings. The van der Waals surface area contributed by atoms with E-state index in [2.05, 4.69) is 42.9 Å². The number of Topliss-reactive ketones (excluding diaryl/α,β-unsaturated/α-hetero) is 1. The molecule has 4 aromatic rings. The van der Waals surface area contributed by atoms with Gasteiger partial charge in [-0.1, -0.05) is 57.2 Å². The maximum Gasteiger partial charge on any atom is 0.296 e. The molecule has 0 saturated heterocycles. The fourth-order valence-corrected chi connectivity index (χ4v) is 4.26. The minimum atomic E-state index is -0.712. The highest BCUT2D eigenvalue weighted by Gasteiger charge is 2.23. The van der Waals surface area contributed by atoms with E-state index in [0.29, 0.717) is 22.4 Å². The lowest BCUT2D eigenvalue weighted by Crippen LogP contribution is -2.24. The first-order valence-corrected chi connectivity index (χ1v) is 12.4. The number of rotatable bonds is 7. The predicted octanol–water partition coefficient (Wildman–Crippen LogP) is 6.49. The van der Waals surface area contributed by atoms with Crippen LogP contribution in [-0.2, 0) is 10.2 Å². The molecule has 0 fully saturated rings. The Kier molecular flexibility index (Phi) is 7.30. The van der Waals surface area contributed by atoms with Gasteiger partial charge in [0.25, 0.3) is 11.7 Å². The lowest BCUT2D eigenvalue weighted by Gasteiger charge is -2.21. The monoisotopic (exact) mass is 495 g/mol. The van der Waals surface area contributed by atoms with Crippen LogP contribution < -0.4 is 15.0 Å². The summed E-state index contributed by atoms with van der Waals surface area (Å²) in [5.41, 5.74) is 3.61. The summed E-state index contributed by atoms with van der Waals surface area (Å²) < 4.78 is 5.43. The number of nitrogens with zero attached hydrogens (tertiary/aromatic N) is 2. The van der Waals surface area contributed by atoms with Gasteiger partial charge in [-0.2, -0.15) is 0 Å². The molecular weight excluding hydrogens is 462 g/mol. The summed E-state index contributed by atoms with van der Waals surface area (Å²) >= 11 is 0. The number of aromatic nitrogens is 1. The molecule has 0 bridgehead atoms. The van der Waals surface area contributed by atoms with Gasteiger partial charge >= 0.3 is 0 Å². The third kappa shape index (κ3) is 5.33. The van der Waals surface area contributed by atoms with Crippen molar-refractivity contribution in [2.45, 2.75) is 33.1 Å². The SMILES string of the molecule is CCN(C)c1ccc(-c2ccc(C(=O)C(=O)Nc3cc(C(C)(C)C)ccc3OC)c3ccccc23)cn1. The van der Waals surface area contributed by atoms with E-state index in [1.807, 2.05) is 73.9 Å². The smallest absolute Gasteiger partial charge is 0.296 e. The first kappa shape index (κ1) is 25.9. The van der Waals surface area contributed by atoms with Crippen LogP contribution in [0.3, 0.4) is 0 Å². The van der Waals surface area contributed by atoms with E-state index < -0.39 is 11.7 Å². The lowest BCUT2D eigenvalue weighted by molar-refractivity contribution is -0.112. The van der Waals surface area contributed by atoms with Crippen LogP contribution in [0.1, 0.15) is 43.6 Å². The highest BCUT2D eigenvalue weighted by molar-refractivity contribution is 6.48. The third-order valence-electron chi connectivity index (χ3n) is 6.61. The molecule has 0 aliphatic carbocycles. The molecule has 37 heavy (non-hydrogen) atoms. The van der Waals surface area contributed by atoms with E-state index in [1.165, 1.54) is 7.11 Å². The van der Waals surface area contributed by atoms with Gasteiger partial charge in [-0.25, -0.2) is 4.98 Å². The number of amides is 1. The minimum Gasteiger partial charge on any atom is -0.495 e. The topological polar surface area (TPSA) is 71.5 Å². The summed E-state index contributed by atoms with van der Waals surface area (Å²) in [5, 5.41) is 4.37. The van der Waals surface area contributed by atoms with E-state index in [9.17, 15) is 9.59 Å². The number of ketones is 1. The number of hydrogen-bond donors (Lipinski definition) is 1. The molecule has 1 N–H and O–H groups in total. The number of carbonyl (C=O) groups is 2. The quantitative estimate of drug-likeness (QED) is 0.235. The molecule has 1 aromatic heterocycles. The summed E-state index contributed by atoms with van der Waals surface area (Å²) in [6.45, 7) is 9.20. The second-order valence-corrected chi connectivity index (χ2v) is 10.1. The van der Waals surface area contributed by atoms with E-state index in [1.54, 1.807) is 6.07 Å². The first-order valence-electron chi connectivity index (χ1n) is 12.4. The number of benzene rings is 3. The Morgan fingerprint density at radius 2 is 1.70 bits per heavy atom. The molecule has 3 aromatic carbocycles. The fourth-order valence-electron chi connectivity index (χ4n) is 4.26. The van der Waals surface area contributed by atoms with Crippen LogP contribution in [0.4, 0.5) is 11.5 Å². The summed E-state index contributed by atoms with van der Waals surface area (Å²) in [6, 6.07) is 20.9. The normalized spacial score (nSPS) is 11.3. The van der Waals surface area contributed by atoms with Gasteiger partial charge in [-0.3, -0.25) is 9.59 Å². The van der Waals surface area contributed by atoms with Crippen molar-refractivity contribution in [3.8, 4) is 16.9 Å². The van der Waals surface area contributed by atoms with Gasteiger partial charge in [-0.15, -0.1) is 0 Å². The zero-order valence-electron chi connectivity index (χ0n) is 22.3. The average molecular weight is 496 g/mol. The maximum absolute atomic E-state index is 13.4. The molecule has 0 atom stereocenters.